The first kappa shape index (κ1) is 13.2. The van der Waals surface area contributed by atoms with Crippen molar-refractivity contribution < 1.29 is 8.91 Å². The van der Waals surface area contributed by atoms with Gasteiger partial charge in [0, 0.05) is 17.5 Å². The third kappa shape index (κ3) is 2.72. The van der Waals surface area contributed by atoms with Gasteiger partial charge in [-0.3, -0.25) is 0 Å². The smallest absolute Gasteiger partial charge is 0.230 e. The summed E-state index contributed by atoms with van der Waals surface area (Å²) in [6, 6.07) is 4.96. The van der Waals surface area contributed by atoms with Crippen molar-refractivity contribution in [3.63, 3.8) is 0 Å². The average molecular weight is 275 g/mol. The largest absolute Gasteiger partial charge is 0.339 e. The summed E-state index contributed by atoms with van der Waals surface area (Å²) in [7, 11) is 0. The number of nitrogens with zero attached hydrogens (tertiary/aromatic N) is 2. The molecular weight excluding hydrogens is 257 g/mol. The molecule has 20 heavy (non-hydrogen) atoms. The van der Waals surface area contributed by atoms with Crippen LogP contribution in [0.2, 0.25) is 0 Å². The Kier molecular flexibility index (Phi) is 3.53. The lowest BCUT2D eigenvalue weighted by molar-refractivity contribution is 0.299. The second kappa shape index (κ2) is 5.32. The first-order valence-electron chi connectivity index (χ1n) is 6.98. The lowest BCUT2D eigenvalue weighted by Crippen LogP contribution is -2.26. The van der Waals surface area contributed by atoms with Crippen LogP contribution >= 0.6 is 0 Å². The van der Waals surface area contributed by atoms with Crippen LogP contribution in [0.15, 0.2) is 22.7 Å². The summed E-state index contributed by atoms with van der Waals surface area (Å²) in [5.41, 5.74) is 7.47. The van der Waals surface area contributed by atoms with Crippen LogP contribution in [0.5, 0.6) is 0 Å². The quantitative estimate of drug-likeness (QED) is 0.914. The van der Waals surface area contributed by atoms with Crippen molar-refractivity contribution in [1.29, 1.82) is 0 Å². The van der Waals surface area contributed by atoms with Crippen LogP contribution in [0, 0.1) is 12.7 Å². The maximum absolute atomic E-state index is 13.4. The van der Waals surface area contributed by atoms with E-state index in [0.717, 1.165) is 31.2 Å². The highest BCUT2D eigenvalue weighted by Crippen LogP contribution is 2.32. The maximum atomic E-state index is 13.4. The molecule has 1 aromatic heterocycles. The fourth-order valence-corrected chi connectivity index (χ4v) is 2.84. The highest BCUT2D eigenvalue weighted by atomic mass is 19.1. The van der Waals surface area contributed by atoms with E-state index in [4.69, 9.17) is 10.3 Å². The Morgan fingerprint density at radius 2 is 2.15 bits per heavy atom. The molecule has 1 heterocycles. The summed E-state index contributed by atoms with van der Waals surface area (Å²) < 4.78 is 18.8. The topological polar surface area (TPSA) is 64.9 Å². The maximum Gasteiger partial charge on any atom is 0.230 e. The molecule has 2 atom stereocenters. The van der Waals surface area contributed by atoms with Crippen LogP contribution in [0.4, 0.5) is 4.39 Å². The van der Waals surface area contributed by atoms with Gasteiger partial charge in [-0.15, -0.1) is 0 Å². The van der Waals surface area contributed by atoms with E-state index in [9.17, 15) is 4.39 Å². The van der Waals surface area contributed by atoms with Crippen molar-refractivity contribution in [3.8, 4) is 11.4 Å². The minimum absolute atomic E-state index is 0.209. The Hall–Kier alpha value is -1.75. The van der Waals surface area contributed by atoms with Gasteiger partial charge in [0.1, 0.15) is 5.82 Å². The summed E-state index contributed by atoms with van der Waals surface area (Å²) in [5, 5.41) is 3.98. The van der Waals surface area contributed by atoms with Gasteiger partial charge in [0.05, 0.1) is 0 Å². The van der Waals surface area contributed by atoms with E-state index in [2.05, 4.69) is 10.1 Å². The second-order valence-electron chi connectivity index (χ2n) is 5.60. The summed E-state index contributed by atoms with van der Waals surface area (Å²) in [4.78, 5) is 4.42. The van der Waals surface area contributed by atoms with E-state index >= 15 is 0 Å². The van der Waals surface area contributed by atoms with Gasteiger partial charge in [0.15, 0.2) is 0 Å². The zero-order valence-corrected chi connectivity index (χ0v) is 11.5. The van der Waals surface area contributed by atoms with Gasteiger partial charge in [0.2, 0.25) is 11.7 Å². The van der Waals surface area contributed by atoms with Crippen molar-refractivity contribution >= 4 is 0 Å². The number of nitrogens with two attached hydrogens (primary N) is 1. The molecule has 1 aliphatic rings. The molecule has 1 aliphatic carbocycles. The summed E-state index contributed by atoms with van der Waals surface area (Å²) in [6.07, 6.45) is 4.05. The lowest BCUT2D eigenvalue weighted by atomic mass is 9.86. The molecular formula is C15H18FN3O. The van der Waals surface area contributed by atoms with E-state index in [-0.39, 0.29) is 17.8 Å². The molecule has 4 nitrogen and oxygen atoms in total. The summed E-state index contributed by atoms with van der Waals surface area (Å²) in [5.74, 6) is 1.01. The molecule has 0 bridgehead atoms. The molecule has 0 radical (unpaired) electrons. The molecule has 2 aromatic rings. The van der Waals surface area contributed by atoms with Crippen LogP contribution < -0.4 is 5.73 Å². The highest BCUT2D eigenvalue weighted by Gasteiger charge is 2.25. The van der Waals surface area contributed by atoms with Gasteiger partial charge in [-0.05, 0) is 49.9 Å². The Labute approximate surface area is 117 Å². The monoisotopic (exact) mass is 275 g/mol. The number of hydrogen-bond acceptors (Lipinski definition) is 4. The lowest BCUT2D eigenvalue weighted by Gasteiger charge is -2.23. The number of rotatable bonds is 2. The normalized spacial score (nSPS) is 22.9. The standard InChI is InChI=1S/C15H18FN3O/c1-9-5-11(7-12(16)6-9)14-18-15(20-19-14)10-3-2-4-13(17)8-10/h5-7,10,13H,2-4,8,17H2,1H3. The van der Waals surface area contributed by atoms with Crippen LogP contribution in [0.3, 0.4) is 0 Å². The summed E-state index contributed by atoms with van der Waals surface area (Å²) in [6.45, 7) is 1.84. The van der Waals surface area contributed by atoms with Gasteiger partial charge >= 0.3 is 0 Å². The molecule has 1 fully saturated rings. The predicted octanol–water partition coefficient (Wildman–Crippen LogP) is 3.17. The SMILES string of the molecule is Cc1cc(F)cc(-c2noc(C3CCCC(N)C3)n2)c1. The van der Waals surface area contributed by atoms with Crippen molar-refractivity contribution in [2.75, 3.05) is 0 Å². The zero-order chi connectivity index (χ0) is 14.1. The summed E-state index contributed by atoms with van der Waals surface area (Å²) >= 11 is 0. The average Bonchev–Trinajstić information content (AvgIpc) is 2.87. The Morgan fingerprint density at radius 3 is 2.90 bits per heavy atom. The third-order valence-electron chi connectivity index (χ3n) is 3.81. The minimum Gasteiger partial charge on any atom is -0.339 e. The van der Waals surface area contributed by atoms with E-state index in [1.807, 2.05) is 13.0 Å². The minimum atomic E-state index is -0.286. The van der Waals surface area contributed by atoms with Crippen LogP contribution in [0.25, 0.3) is 11.4 Å². The molecule has 3 rings (SSSR count). The molecule has 0 aliphatic heterocycles. The first-order chi connectivity index (χ1) is 9.61. The van der Waals surface area contributed by atoms with Crippen molar-refractivity contribution in [2.45, 2.75) is 44.6 Å². The van der Waals surface area contributed by atoms with Crippen molar-refractivity contribution in [2.24, 2.45) is 5.73 Å². The van der Waals surface area contributed by atoms with Crippen LogP contribution in [-0.2, 0) is 0 Å². The fourth-order valence-electron chi connectivity index (χ4n) is 2.84. The highest BCUT2D eigenvalue weighted by molar-refractivity contribution is 5.55. The Morgan fingerprint density at radius 1 is 1.30 bits per heavy atom. The molecule has 0 saturated heterocycles. The number of aromatic nitrogens is 2. The molecule has 0 amide bonds. The molecule has 0 spiro atoms. The van der Waals surface area contributed by atoms with Gasteiger partial charge in [-0.1, -0.05) is 11.6 Å². The van der Waals surface area contributed by atoms with Gasteiger partial charge in [0.25, 0.3) is 0 Å². The molecule has 1 saturated carbocycles. The van der Waals surface area contributed by atoms with E-state index < -0.39 is 0 Å². The van der Waals surface area contributed by atoms with E-state index in [1.165, 1.54) is 12.1 Å². The Bertz CT molecular complexity index is 591. The third-order valence-corrected chi connectivity index (χ3v) is 3.81. The van der Waals surface area contributed by atoms with Crippen LogP contribution in [-0.4, -0.2) is 16.2 Å². The molecule has 1 aromatic carbocycles. The second-order valence-corrected chi connectivity index (χ2v) is 5.60. The molecule has 2 N–H and O–H groups in total. The fraction of sp³-hybridized carbons (Fsp3) is 0.467. The van der Waals surface area contributed by atoms with Crippen molar-refractivity contribution in [1.82, 2.24) is 10.1 Å². The van der Waals surface area contributed by atoms with E-state index in [0.29, 0.717) is 17.3 Å². The van der Waals surface area contributed by atoms with E-state index in [1.54, 1.807) is 0 Å². The van der Waals surface area contributed by atoms with Gasteiger partial charge in [-0.2, -0.15) is 4.98 Å². The molecule has 2 unspecified atom stereocenters. The zero-order valence-electron chi connectivity index (χ0n) is 11.5. The first-order valence-corrected chi connectivity index (χ1v) is 6.98. The number of halogens is 1. The van der Waals surface area contributed by atoms with Crippen LogP contribution in [0.1, 0.15) is 43.1 Å². The number of benzene rings is 1. The van der Waals surface area contributed by atoms with Crippen molar-refractivity contribution in [3.05, 3.63) is 35.5 Å². The molecule has 5 heteroatoms. The number of aryl methyl sites for hydroxylation is 1. The Balaban J connectivity index is 1.86. The predicted molar refractivity (Wildman–Crippen MR) is 73.6 cm³/mol. The number of hydrogen-bond donors (Lipinski definition) is 1. The van der Waals surface area contributed by atoms with Gasteiger partial charge in [-0.25, -0.2) is 4.39 Å². The molecule has 106 valence electrons. The van der Waals surface area contributed by atoms with Gasteiger partial charge < -0.3 is 10.3 Å².